The second-order valence-corrected chi connectivity index (χ2v) is 11.5. The molecule has 0 aromatic heterocycles. The van der Waals surface area contributed by atoms with E-state index in [2.05, 4.69) is 17.6 Å². The number of nitrogens with one attached hydrogen (secondary N) is 2. The SMILES string of the molecule is CCCCCCCCCCCCCCCCCCCCCNCCCCCCCCNCCCC(=O)O. The molecule has 4 heteroatoms. The summed E-state index contributed by atoms with van der Waals surface area (Å²) < 4.78 is 0. The van der Waals surface area contributed by atoms with Crippen LogP contribution < -0.4 is 10.6 Å². The number of hydrogen-bond donors (Lipinski definition) is 3. The molecule has 0 aliphatic rings. The molecule has 222 valence electrons. The van der Waals surface area contributed by atoms with Crippen molar-refractivity contribution in [2.24, 2.45) is 0 Å². The first kappa shape index (κ1) is 36.4. The Bertz CT molecular complexity index is 431. The van der Waals surface area contributed by atoms with Crippen LogP contribution in [0, 0.1) is 0 Å². The van der Waals surface area contributed by atoms with Gasteiger partial charge in [-0.3, -0.25) is 4.79 Å². The minimum Gasteiger partial charge on any atom is -0.481 e. The van der Waals surface area contributed by atoms with Crippen molar-refractivity contribution < 1.29 is 9.90 Å². The fraction of sp³-hybridized carbons (Fsp3) is 0.970. The first-order valence-electron chi connectivity index (χ1n) is 16.9. The molecule has 0 amide bonds. The van der Waals surface area contributed by atoms with Crippen molar-refractivity contribution >= 4 is 5.97 Å². The lowest BCUT2D eigenvalue weighted by Crippen LogP contribution is -2.17. The molecule has 0 aliphatic heterocycles. The van der Waals surface area contributed by atoms with Crippen molar-refractivity contribution in [1.29, 1.82) is 0 Å². The molecule has 0 aromatic rings. The molecule has 0 rings (SSSR count). The highest BCUT2D eigenvalue weighted by atomic mass is 16.4. The van der Waals surface area contributed by atoms with Gasteiger partial charge in [-0.15, -0.1) is 0 Å². The molecule has 0 aliphatic carbocycles. The van der Waals surface area contributed by atoms with Gasteiger partial charge in [-0.05, 0) is 51.9 Å². The average molecular weight is 525 g/mol. The summed E-state index contributed by atoms with van der Waals surface area (Å²) in [5.74, 6) is -0.693. The Morgan fingerprint density at radius 2 is 0.649 bits per heavy atom. The largest absolute Gasteiger partial charge is 0.481 e. The molecule has 0 aromatic carbocycles. The molecule has 0 atom stereocenters. The highest BCUT2D eigenvalue weighted by molar-refractivity contribution is 5.66. The lowest BCUT2D eigenvalue weighted by molar-refractivity contribution is -0.137. The molecule has 37 heavy (non-hydrogen) atoms. The van der Waals surface area contributed by atoms with Crippen LogP contribution in [0.2, 0.25) is 0 Å². The van der Waals surface area contributed by atoms with E-state index in [-0.39, 0.29) is 6.42 Å². The zero-order valence-corrected chi connectivity index (χ0v) is 25.3. The number of hydrogen-bond acceptors (Lipinski definition) is 3. The second-order valence-electron chi connectivity index (χ2n) is 11.5. The Hall–Kier alpha value is -0.610. The van der Waals surface area contributed by atoms with Crippen LogP contribution in [0.25, 0.3) is 0 Å². The van der Waals surface area contributed by atoms with E-state index in [1.807, 2.05) is 0 Å². The third-order valence-electron chi connectivity index (χ3n) is 7.66. The minimum atomic E-state index is -0.693. The van der Waals surface area contributed by atoms with Crippen LogP contribution in [-0.4, -0.2) is 37.3 Å². The number of carboxylic acids is 1. The first-order chi connectivity index (χ1) is 18.3. The number of unbranched alkanes of at least 4 members (excludes halogenated alkanes) is 23. The molecule has 0 unspecified atom stereocenters. The van der Waals surface area contributed by atoms with Crippen molar-refractivity contribution in [1.82, 2.24) is 10.6 Å². The summed E-state index contributed by atoms with van der Waals surface area (Å²) in [6.45, 7) is 6.54. The van der Waals surface area contributed by atoms with Gasteiger partial charge in [0.25, 0.3) is 0 Å². The minimum absolute atomic E-state index is 0.278. The molecule has 0 spiro atoms. The third kappa shape index (κ3) is 35.4. The van der Waals surface area contributed by atoms with Crippen LogP contribution in [0.3, 0.4) is 0 Å². The van der Waals surface area contributed by atoms with Crippen LogP contribution in [0.5, 0.6) is 0 Å². The smallest absolute Gasteiger partial charge is 0.303 e. The van der Waals surface area contributed by atoms with E-state index in [9.17, 15) is 4.79 Å². The molecule has 0 radical (unpaired) electrons. The van der Waals surface area contributed by atoms with Crippen LogP contribution in [0.1, 0.15) is 180 Å². The van der Waals surface area contributed by atoms with E-state index in [1.165, 1.54) is 174 Å². The van der Waals surface area contributed by atoms with Crippen LogP contribution >= 0.6 is 0 Å². The van der Waals surface area contributed by atoms with E-state index < -0.39 is 5.97 Å². The van der Waals surface area contributed by atoms with Crippen molar-refractivity contribution in [3.63, 3.8) is 0 Å². The normalized spacial score (nSPS) is 11.4. The maximum atomic E-state index is 10.4. The monoisotopic (exact) mass is 525 g/mol. The lowest BCUT2D eigenvalue weighted by Gasteiger charge is -2.06. The van der Waals surface area contributed by atoms with Gasteiger partial charge in [0, 0.05) is 6.42 Å². The van der Waals surface area contributed by atoms with Gasteiger partial charge < -0.3 is 15.7 Å². The second kappa shape index (κ2) is 33.4. The van der Waals surface area contributed by atoms with Gasteiger partial charge in [0.1, 0.15) is 0 Å². The van der Waals surface area contributed by atoms with Crippen molar-refractivity contribution in [3.8, 4) is 0 Å². The van der Waals surface area contributed by atoms with Gasteiger partial charge >= 0.3 is 5.97 Å². The van der Waals surface area contributed by atoms with E-state index in [0.29, 0.717) is 0 Å². The standard InChI is InChI=1S/C33H68N2O2/c1-2-3-4-5-6-7-8-9-10-11-12-13-14-15-16-17-18-21-24-29-34-30-25-22-19-20-23-26-31-35-32-27-28-33(36)37/h34-35H,2-32H2,1H3,(H,36,37). The molecular weight excluding hydrogens is 456 g/mol. The molecular formula is C33H68N2O2. The van der Waals surface area contributed by atoms with E-state index >= 15 is 0 Å². The zero-order valence-electron chi connectivity index (χ0n) is 25.3. The van der Waals surface area contributed by atoms with Gasteiger partial charge in [-0.1, -0.05) is 148 Å². The Morgan fingerprint density at radius 3 is 0.919 bits per heavy atom. The molecule has 0 fully saturated rings. The molecule has 0 saturated carbocycles. The van der Waals surface area contributed by atoms with Gasteiger partial charge in [-0.25, -0.2) is 0 Å². The summed E-state index contributed by atoms with van der Waals surface area (Å²) in [5.41, 5.74) is 0. The van der Waals surface area contributed by atoms with Crippen molar-refractivity contribution in [3.05, 3.63) is 0 Å². The van der Waals surface area contributed by atoms with Crippen LogP contribution in [0.4, 0.5) is 0 Å². The molecule has 0 saturated heterocycles. The Kier molecular flexibility index (Phi) is 32.9. The highest BCUT2D eigenvalue weighted by Crippen LogP contribution is 2.14. The Labute approximate surface area is 232 Å². The summed E-state index contributed by atoms with van der Waals surface area (Å²) in [6, 6.07) is 0. The number of carbonyl (C=O) groups is 1. The quantitative estimate of drug-likeness (QED) is 0.0747. The van der Waals surface area contributed by atoms with E-state index in [1.54, 1.807) is 0 Å². The molecule has 3 N–H and O–H groups in total. The van der Waals surface area contributed by atoms with E-state index in [4.69, 9.17) is 5.11 Å². The van der Waals surface area contributed by atoms with Crippen LogP contribution in [-0.2, 0) is 4.79 Å². The number of aliphatic carboxylic acids is 1. The summed E-state index contributed by atoms with van der Waals surface area (Å²) in [6.07, 6.45) is 36.3. The number of rotatable bonds is 33. The summed E-state index contributed by atoms with van der Waals surface area (Å²) in [4.78, 5) is 10.4. The maximum Gasteiger partial charge on any atom is 0.303 e. The zero-order chi connectivity index (χ0) is 26.9. The fourth-order valence-corrected chi connectivity index (χ4v) is 5.15. The van der Waals surface area contributed by atoms with Crippen LogP contribution in [0.15, 0.2) is 0 Å². The van der Waals surface area contributed by atoms with Crippen molar-refractivity contribution in [2.75, 3.05) is 26.2 Å². The van der Waals surface area contributed by atoms with Crippen molar-refractivity contribution in [2.45, 2.75) is 180 Å². The molecule has 0 bridgehead atoms. The average Bonchev–Trinajstić information content (AvgIpc) is 2.89. The predicted octanol–water partition coefficient (Wildman–Crippen LogP) is 9.80. The van der Waals surface area contributed by atoms with E-state index in [0.717, 1.165) is 19.5 Å². The third-order valence-corrected chi connectivity index (χ3v) is 7.66. The topological polar surface area (TPSA) is 61.4 Å². The number of carboxylic acid groups (broad SMARTS) is 1. The van der Waals surface area contributed by atoms with Gasteiger partial charge in [0.2, 0.25) is 0 Å². The highest BCUT2D eigenvalue weighted by Gasteiger charge is 1.97. The predicted molar refractivity (Wildman–Crippen MR) is 164 cm³/mol. The Balaban J connectivity index is 3.02. The molecule has 0 heterocycles. The fourth-order valence-electron chi connectivity index (χ4n) is 5.15. The summed E-state index contributed by atoms with van der Waals surface area (Å²) in [5, 5.41) is 15.6. The molecule has 4 nitrogen and oxygen atoms in total. The summed E-state index contributed by atoms with van der Waals surface area (Å²) in [7, 11) is 0. The summed E-state index contributed by atoms with van der Waals surface area (Å²) >= 11 is 0. The van der Waals surface area contributed by atoms with Gasteiger partial charge in [0.15, 0.2) is 0 Å². The Morgan fingerprint density at radius 1 is 0.405 bits per heavy atom. The van der Waals surface area contributed by atoms with Gasteiger partial charge in [-0.2, -0.15) is 0 Å². The lowest BCUT2D eigenvalue weighted by atomic mass is 10.0. The maximum absolute atomic E-state index is 10.4. The van der Waals surface area contributed by atoms with Gasteiger partial charge in [0.05, 0.1) is 0 Å². The first-order valence-corrected chi connectivity index (χ1v) is 16.9.